The van der Waals surface area contributed by atoms with Crippen LogP contribution in [0.4, 0.5) is 5.00 Å². The van der Waals surface area contributed by atoms with Crippen molar-refractivity contribution >= 4 is 40.0 Å². The number of ether oxygens (including phenoxy) is 1. The minimum Gasteiger partial charge on any atom is -0.462 e. The molecule has 2 aromatic heterocycles. The maximum atomic E-state index is 12.6. The van der Waals surface area contributed by atoms with Crippen molar-refractivity contribution in [3.05, 3.63) is 34.5 Å². The third-order valence-corrected chi connectivity index (χ3v) is 6.28. The molecule has 1 aliphatic rings. The van der Waals surface area contributed by atoms with Gasteiger partial charge in [0.2, 0.25) is 5.91 Å². The Hall–Kier alpha value is -1.93. The van der Waals surface area contributed by atoms with Crippen LogP contribution in [0.25, 0.3) is 0 Å². The molecule has 0 aliphatic heterocycles. The predicted molar refractivity (Wildman–Crippen MR) is 103 cm³/mol. The van der Waals surface area contributed by atoms with Crippen molar-refractivity contribution in [3.63, 3.8) is 0 Å². The highest BCUT2D eigenvalue weighted by Crippen LogP contribution is 2.39. The molecule has 3 rings (SSSR count). The quantitative estimate of drug-likeness (QED) is 0.459. The molecule has 2 aromatic rings. The van der Waals surface area contributed by atoms with E-state index in [1.807, 2.05) is 0 Å². The van der Waals surface area contributed by atoms with E-state index in [4.69, 9.17) is 4.74 Å². The van der Waals surface area contributed by atoms with Crippen molar-refractivity contribution in [1.29, 1.82) is 0 Å². The van der Waals surface area contributed by atoms with Gasteiger partial charge in [-0.25, -0.2) is 14.8 Å². The van der Waals surface area contributed by atoms with Gasteiger partial charge in [0.15, 0.2) is 5.16 Å². The summed E-state index contributed by atoms with van der Waals surface area (Å²) in [6.07, 6.45) is 7.27. The third-order valence-electron chi connectivity index (χ3n) is 4.08. The standard InChI is InChI=1S/C18H21N3O3S2/c1-3-24-17(23)14-12-7-4-5-8-13(12)26-16(14)21-15(22)11(2)25-18-19-9-6-10-20-18/h6,9-11H,3-5,7-8H2,1-2H3,(H,21,22). The topological polar surface area (TPSA) is 81.2 Å². The van der Waals surface area contributed by atoms with Gasteiger partial charge >= 0.3 is 5.97 Å². The summed E-state index contributed by atoms with van der Waals surface area (Å²) in [5.74, 6) is -0.527. The lowest BCUT2D eigenvalue weighted by molar-refractivity contribution is -0.115. The summed E-state index contributed by atoms with van der Waals surface area (Å²) in [5.41, 5.74) is 1.58. The fourth-order valence-electron chi connectivity index (χ4n) is 2.84. The Balaban J connectivity index is 1.79. The first-order chi connectivity index (χ1) is 12.6. The van der Waals surface area contributed by atoms with Crippen LogP contribution in [-0.4, -0.2) is 33.7 Å². The molecule has 0 bridgehead atoms. The van der Waals surface area contributed by atoms with Crippen LogP contribution >= 0.6 is 23.1 Å². The molecule has 1 amide bonds. The molecule has 1 aliphatic carbocycles. The monoisotopic (exact) mass is 391 g/mol. The fraction of sp³-hybridized carbons (Fsp3) is 0.444. The average molecular weight is 392 g/mol. The van der Waals surface area contributed by atoms with Gasteiger partial charge in [-0.3, -0.25) is 4.79 Å². The normalized spacial score (nSPS) is 14.4. The lowest BCUT2D eigenvalue weighted by Crippen LogP contribution is -2.23. The maximum Gasteiger partial charge on any atom is 0.341 e. The third kappa shape index (κ3) is 4.24. The van der Waals surface area contributed by atoms with Gasteiger partial charge in [0, 0.05) is 17.3 Å². The summed E-state index contributed by atoms with van der Waals surface area (Å²) in [6, 6.07) is 1.73. The second-order valence-electron chi connectivity index (χ2n) is 5.92. The van der Waals surface area contributed by atoms with E-state index >= 15 is 0 Å². The number of carbonyl (C=O) groups is 2. The van der Waals surface area contributed by atoms with Gasteiger partial charge in [0.05, 0.1) is 17.4 Å². The maximum absolute atomic E-state index is 12.6. The van der Waals surface area contributed by atoms with Crippen LogP contribution in [0.2, 0.25) is 0 Å². The zero-order chi connectivity index (χ0) is 18.5. The average Bonchev–Trinajstić information content (AvgIpc) is 3.00. The van der Waals surface area contributed by atoms with Crippen molar-refractivity contribution in [2.45, 2.75) is 49.9 Å². The molecule has 0 saturated heterocycles. The number of aromatic nitrogens is 2. The number of rotatable bonds is 6. The first-order valence-corrected chi connectivity index (χ1v) is 10.4. The van der Waals surface area contributed by atoms with Crippen molar-refractivity contribution in [3.8, 4) is 0 Å². The minimum absolute atomic E-state index is 0.174. The predicted octanol–water partition coefficient (Wildman–Crippen LogP) is 3.71. The smallest absolute Gasteiger partial charge is 0.341 e. The van der Waals surface area contributed by atoms with Crippen molar-refractivity contribution in [1.82, 2.24) is 9.97 Å². The Labute approximate surface area is 160 Å². The molecule has 8 heteroatoms. The molecular weight excluding hydrogens is 370 g/mol. The Morgan fingerprint density at radius 3 is 2.77 bits per heavy atom. The molecule has 6 nitrogen and oxygen atoms in total. The number of nitrogens with zero attached hydrogens (tertiary/aromatic N) is 2. The Bertz CT molecular complexity index is 792. The van der Waals surface area contributed by atoms with E-state index in [1.165, 1.54) is 28.0 Å². The molecule has 0 aromatic carbocycles. The van der Waals surface area contributed by atoms with Gasteiger partial charge in [0.25, 0.3) is 0 Å². The van der Waals surface area contributed by atoms with Gasteiger partial charge in [-0.2, -0.15) is 0 Å². The number of thioether (sulfide) groups is 1. The number of amides is 1. The Morgan fingerprint density at radius 2 is 2.04 bits per heavy atom. The van der Waals surface area contributed by atoms with E-state index in [1.54, 1.807) is 32.3 Å². The molecular formula is C18H21N3O3S2. The minimum atomic E-state index is -0.383. The summed E-state index contributed by atoms with van der Waals surface area (Å²) >= 11 is 2.78. The van der Waals surface area contributed by atoms with Gasteiger partial charge in [-0.15, -0.1) is 11.3 Å². The van der Waals surface area contributed by atoms with Crippen LogP contribution in [0, 0.1) is 0 Å². The molecule has 0 fully saturated rings. The molecule has 0 radical (unpaired) electrons. The Morgan fingerprint density at radius 1 is 1.31 bits per heavy atom. The van der Waals surface area contributed by atoms with E-state index in [9.17, 15) is 9.59 Å². The summed E-state index contributed by atoms with van der Waals surface area (Å²) in [4.78, 5) is 34.5. The highest BCUT2D eigenvalue weighted by molar-refractivity contribution is 8.00. The van der Waals surface area contributed by atoms with Crippen molar-refractivity contribution in [2.24, 2.45) is 0 Å². The number of esters is 1. The van der Waals surface area contributed by atoms with E-state index in [0.29, 0.717) is 22.3 Å². The molecule has 2 heterocycles. The number of hydrogen-bond donors (Lipinski definition) is 1. The van der Waals surface area contributed by atoms with Crippen LogP contribution in [0.5, 0.6) is 0 Å². The van der Waals surface area contributed by atoms with Crippen LogP contribution in [-0.2, 0) is 22.4 Å². The lowest BCUT2D eigenvalue weighted by atomic mass is 9.95. The van der Waals surface area contributed by atoms with Crippen LogP contribution in [0.15, 0.2) is 23.6 Å². The van der Waals surface area contributed by atoms with Crippen LogP contribution in [0.3, 0.4) is 0 Å². The zero-order valence-electron chi connectivity index (χ0n) is 14.8. The highest BCUT2D eigenvalue weighted by Gasteiger charge is 2.28. The molecule has 138 valence electrons. The fourth-order valence-corrected chi connectivity index (χ4v) is 4.85. The van der Waals surface area contributed by atoms with E-state index in [-0.39, 0.29) is 17.1 Å². The number of carbonyl (C=O) groups excluding carboxylic acids is 2. The van der Waals surface area contributed by atoms with E-state index < -0.39 is 0 Å². The van der Waals surface area contributed by atoms with E-state index in [2.05, 4.69) is 15.3 Å². The van der Waals surface area contributed by atoms with Crippen LogP contribution in [0.1, 0.15) is 47.5 Å². The molecule has 1 atom stereocenters. The number of aryl methyl sites for hydroxylation is 1. The number of hydrogen-bond acceptors (Lipinski definition) is 7. The Kier molecular flexibility index (Phi) is 6.26. The molecule has 0 spiro atoms. The molecule has 1 N–H and O–H groups in total. The second-order valence-corrected chi connectivity index (χ2v) is 8.33. The summed E-state index contributed by atoms with van der Waals surface area (Å²) in [6.45, 7) is 3.90. The molecule has 1 unspecified atom stereocenters. The molecule has 26 heavy (non-hydrogen) atoms. The molecule has 0 saturated carbocycles. The summed E-state index contributed by atoms with van der Waals surface area (Å²) in [5, 5.41) is 3.69. The zero-order valence-corrected chi connectivity index (χ0v) is 16.4. The second kappa shape index (κ2) is 8.64. The van der Waals surface area contributed by atoms with Gasteiger partial charge in [-0.05, 0) is 51.2 Å². The van der Waals surface area contributed by atoms with E-state index in [0.717, 1.165) is 31.2 Å². The number of anilines is 1. The summed E-state index contributed by atoms with van der Waals surface area (Å²) in [7, 11) is 0. The van der Waals surface area contributed by atoms with Gasteiger partial charge in [-0.1, -0.05) is 11.8 Å². The van der Waals surface area contributed by atoms with Crippen molar-refractivity contribution in [2.75, 3.05) is 11.9 Å². The highest BCUT2D eigenvalue weighted by atomic mass is 32.2. The van der Waals surface area contributed by atoms with Gasteiger partial charge < -0.3 is 10.1 Å². The lowest BCUT2D eigenvalue weighted by Gasteiger charge is -2.13. The van der Waals surface area contributed by atoms with Crippen molar-refractivity contribution < 1.29 is 14.3 Å². The first-order valence-electron chi connectivity index (χ1n) is 8.66. The largest absolute Gasteiger partial charge is 0.462 e. The number of nitrogens with one attached hydrogen (secondary N) is 1. The van der Waals surface area contributed by atoms with Gasteiger partial charge in [0.1, 0.15) is 5.00 Å². The number of fused-ring (bicyclic) bond motifs is 1. The van der Waals surface area contributed by atoms with Crippen LogP contribution < -0.4 is 5.32 Å². The first kappa shape index (κ1) is 18.8. The number of thiophene rings is 1. The summed E-state index contributed by atoms with van der Waals surface area (Å²) < 4.78 is 5.22. The SMILES string of the molecule is CCOC(=O)c1c(NC(=O)C(C)Sc2ncccn2)sc2c1CCCC2.